The molecule has 0 spiro atoms. The summed E-state index contributed by atoms with van der Waals surface area (Å²) in [5.74, 6) is 0.421. The summed E-state index contributed by atoms with van der Waals surface area (Å²) >= 11 is 0. The van der Waals surface area contributed by atoms with Crippen molar-refractivity contribution in [1.82, 2.24) is 4.90 Å². The summed E-state index contributed by atoms with van der Waals surface area (Å²) in [6.45, 7) is 3.43. The third kappa shape index (κ3) is 2.19. The van der Waals surface area contributed by atoms with Crippen LogP contribution in [0.2, 0.25) is 0 Å². The van der Waals surface area contributed by atoms with Gasteiger partial charge in [0.1, 0.15) is 0 Å². The van der Waals surface area contributed by atoms with Crippen molar-refractivity contribution in [3.8, 4) is 0 Å². The average molecular weight is 272 g/mol. The zero-order valence-corrected chi connectivity index (χ0v) is 11.8. The van der Waals surface area contributed by atoms with E-state index in [0.717, 1.165) is 30.6 Å². The summed E-state index contributed by atoms with van der Waals surface area (Å²) in [4.78, 5) is 26.1. The lowest BCUT2D eigenvalue weighted by molar-refractivity contribution is -0.133. The molecule has 2 aliphatic rings. The lowest BCUT2D eigenvalue weighted by Crippen LogP contribution is -2.42. The SMILES string of the molecule is CCC(=O)N1CCCC(C2C(=O)Nc3ccccc32)C1. The number of fused-ring (bicyclic) bond motifs is 1. The predicted molar refractivity (Wildman–Crippen MR) is 77.4 cm³/mol. The maximum absolute atomic E-state index is 12.3. The number of likely N-dealkylation sites (tertiary alicyclic amines) is 1. The molecule has 2 heterocycles. The fourth-order valence-corrected chi connectivity index (χ4v) is 3.43. The minimum atomic E-state index is -0.0985. The fourth-order valence-electron chi connectivity index (χ4n) is 3.43. The number of hydrogen-bond acceptors (Lipinski definition) is 2. The minimum absolute atomic E-state index is 0.0852. The zero-order valence-electron chi connectivity index (χ0n) is 11.8. The Hall–Kier alpha value is -1.84. The third-order valence-corrected chi connectivity index (χ3v) is 4.42. The van der Waals surface area contributed by atoms with Gasteiger partial charge in [-0.2, -0.15) is 0 Å². The maximum atomic E-state index is 12.3. The van der Waals surface area contributed by atoms with E-state index in [4.69, 9.17) is 0 Å². The number of rotatable bonds is 2. The van der Waals surface area contributed by atoms with Gasteiger partial charge in [-0.25, -0.2) is 0 Å². The molecule has 1 fully saturated rings. The lowest BCUT2D eigenvalue weighted by atomic mass is 9.81. The number of benzene rings is 1. The molecule has 0 aromatic heterocycles. The van der Waals surface area contributed by atoms with Crippen LogP contribution in [-0.2, 0) is 9.59 Å². The van der Waals surface area contributed by atoms with Crippen LogP contribution in [0.5, 0.6) is 0 Å². The van der Waals surface area contributed by atoms with Crippen molar-refractivity contribution in [1.29, 1.82) is 0 Å². The van der Waals surface area contributed by atoms with Crippen molar-refractivity contribution in [2.75, 3.05) is 18.4 Å². The van der Waals surface area contributed by atoms with Crippen LogP contribution in [0.3, 0.4) is 0 Å². The van der Waals surface area contributed by atoms with E-state index in [1.165, 1.54) is 0 Å². The predicted octanol–water partition coefficient (Wildman–Crippen LogP) is 2.37. The highest BCUT2D eigenvalue weighted by Gasteiger charge is 2.39. The van der Waals surface area contributed by atoms with Gasteiger partial charge < -0.3 is 10.2 Å². The van der Waals surface area contributed by atoms with Gasteiger partial charge in [-0.15, -0.1) is 0 Å². The molecule has 0 bridgehead atoms. The summed E-state index contributed by atoms with van der Waals surface area (Å²) < 4.78 is 0. The van der Waals surface area contributed by atoms with Crippen molar-refractivity contribution in [2.45, 2.75) is 32.1 Å². The average Bonchev–Trinajstić information content (AvgIpc) is 2.82. The van der Waals surface area contributed by atoms with Gasteiger partial charge >= 0.3 is 0 Å². The molecule has 20 heavy (non-hydrogen) atoms. The number of anilines is 1. The van der Waals surface area contributed by atoms with E-state index in [9.17, 15) is 9.59 Å². The molecule has 1 aromatic rings. The third-order valence-electron chi connectivity index (χ3n) is 4.42. The highest BCUT2D eigenvalue weighted by Crippen LogP contribution is 2.40. The number of nitrogens with one attached hydrogen (secondary N) is 1. The first kappa shape index (κ1) is 13.2. The van der Waals surface area contributed by atoms with Gasteiger partial charge in [-0.3, -0.25) is 9.59 Å². The Morgan fingerprint density at radius 3 is 3.00 bits per heavy atom. The smallest absolute Gasteiger partial charge is 0.232 e. The molecule has 4 nitrogen and oxygen atoms in total. The molecule has 3 rings (SSSR count). The lowest BCUT2D eigenvalue weighted by Gasteiger charge is -2.35. The number of piperidine rings is 1. The largest absolute Gasteiger partial charge is 0.342 e. The van der Waals surface area contributed by atoms with Crippen molar-refractivity contribution < 1.29 is 9.59 Å². The highest BCUT2D eigenvalue weighted by atomic mass is 16.2. The van der Waals surface area contributed by atoms with Crippen molar-refractivity contribution in [2.24, 2.45) is 5.92 Å². The van der Waals surface area contributed by atoms with Crippen molar-refractivity contribution in [3.63, 3.8) is 0 Å². The quantitative estimate of drug-likeness (QED) is 0.898. The first-order valence-corrected chi connectivity index (χ1v) is 7.38. The summed E-state index contributed by atoms with van der Waals surface area (Å²) in [5.41, 5.74) is 2.02. The number of amides is 2. The van der Waals surface area contributed by atoms with Crippen LogP contribution < -0.4 is 5.32 Å². The van der Waals surface area contributed by atoms with E-state index in [1.807, 2.05) is 36.1 Å². The number of carbonyl (C=O) groups excluding carboxylic acids is 2. The molecule has 0 radical (unpaired) electrons. The number of carbonyl (C=O) groups is 2. The van der Waals surface area contributed by atoms with Crippen LogP contribution in [0.1, 0.15) is 37.7 Å². The topological polar surface area (TPSA) is 49.4 Å². The van der Waals surface area contributed by atoms with Crippen molar-refractivity contribution in [3.05, 3.63) is 29.8 Å². The summed E-state index contributed by atoms with van der Waals surface area (Å²) in [6.07, 6.45) is 2.54. The molecule has 2 amide bonds. The van der Waals surface area contributed by atoms with E-state index in [2.05, 4.69) is 5.32 Å². The second-order valence-electron chi connectivity index (χ2n) is 5.65. The van der Waals surface area contributed by atoms with Gasteiger partial charge in [0.25, 0.3) is 0 Å². The Balaban J connectivity index is 1.82. The Morgan fingerprint density at radius 2 is 2.20 bits per heavy atom. The molecule has 0 aliphatic carbocycles. The van der Waals surface area contributed by atoms with Gasteiger partial charge in [0.15, 0.2) is 0 Å². The van der Waals surface area contributed by atoms with Crippen LogP contribution in [0, 0.1) is 5.92 Å². The molecule has 1 N–H and O–H groups in total. The summed E-state index contributed by atoms with van der Waals surface area (Å²) in [7, 11) is 0. The number of hydrogen-bond donors (Lipinski definition) is 1. The van der Waals surface area contributed by atoms with Gasteiger partial charge in [0.2, 0.25) is 11.8 Å². The second kappa shape index (κ2) is 5.27. The molecule has 2 atom stereocenters. The molecule has 106 valence electrons. The Bertz CT molecular complexity index is 541. The minimum Gasteiger partial charge on any atom is -0.342 e. The van der Waals surface area contributed by atoms with Gasteiger partial charge in [0, 0.05) is 25.2 Å². The van der Waals surface area contributed by atoms with Crippen LogP contribution >= 0.6 is 0 Å². The maximum Gasteiger partial charge on any atom is 0.232 e. The molecule has 4 heteroatoms. The standard InChI is InChI=1S/C16H20N2O2/c1-2-14(19)18-9-5-6-11(10-18)15-12-7-3-4-8-13(12)17-16(15)20/h3-4,7-8,11,15H,2,5-6,9-10H2,1H3,(H,17,20). The molecule has 2 unspecified atom stereocenters. The first-order valence-electron chi connectivity index (χ1n) is 7.38. The molecular formula is C16H20N2O2. The Labute approximate surface area is 119 Å². The summed E-state index contributed by atoms with van der Waals surface area (Å²) in [5, 5.41) is 2.96. The van der Waals surface area contributed by atoms with Gasteiger partial charge in [0.05, 0.1) is 5.92 Å². The van der Waals surface area contributed by atoms with Crippen LogP contribution in [0.15, 0.2) is 24.3 Å². The highest BCUT2D eigenvalue weighted by molar-refractivity contribution is 6.03. The Kier molecular flexibility index (Phi) is 3.47. The first-order chi connectivity index (χ1) is 9.70. The molecule has 0 saturated carbocycles. The van der Waals surface area contributed by atoms with E-state index < -0.39 is 0 Å². The Morgan fingerprint density at radius 1 is 1.40 bits per heavy atom. The monoisotopic (exact) mass is 272 g/mol. The van der Waals surface area contributed by atoms with Crippen LogP contribution in [0.25, 0.3) is 0 Å². The molecule has 1 aromatic carbocycles. The molecular weight excluding hydrogens is 252 g/mol. The van der Waals surface area contributed by atoms with Crippen LogP contribution in [-0.4, -0.2) is 29.8 Å². The summed E-state index contributed by atoms with van der Waals surface area (Å²) in [6, 6.07) is 7.89. The van der Waals surface area contributed by atoms with E-state index in [0.29, 0.717) is 13.0 Å². The van der Waals surface area contributed by atoms with Gasteiger partial charge in [-0.05, 0) is 30.4 Å². The fraction of sp³-hybridized carbons (Fsp3) is 0.500. The number of nitrogens with zero attached hydrogens (tertiary/aromatic N) is 1. The van der Waals surface area contributed by atoms with E-state index in [-0.39, 0.29) is 23.7 Å². The van der Waals surface area contributed by atoms with Crippen molar-refractivity contribution >= 4 is 17.5 Å². The number of para-hydroxylation sites is 1. The van der Waals surface area contributed by atoms with E-state index >= 15 is 0 Å². The molecule has 1 saturated heterocycles. The van der Waals surface area contributed by atoms with Crippen LogP contribution in [0.4, 0.5) is 5.69 Å². The van der Waals surface area contributed by atoms with Gasteiger partial charge in [-0.1, -0.05) is 25.1 Å². The van der Waals surface area contributed by atoms with E-state index in [1.54, 1.807) is 0 Å². The zero-order chi connectivity index (χ0) is 14.1. The second-order valence-corrected chi connectivity index (χ2v) is 5.65. The normalized spacial score (nSPS) is 25.2. The molecule has 2 aliphatic heterocycles.